The lowest BCUT2D eigenvalue weighted by Gasteiger charge is -2.33. The van der Waals surface area contributed by atoms with Crippen LogP contribution < -0.4 is 10.1 Å². The molecule has 4 heteroatoms. The second kappa shape index (κ2) is 6.42. The third kappa shape index (κ3) is 2.94. The van der Waals surface area contributed by atoms with E-state index in [4.69, 9.17) is 4.74 Å². The third-order valence-electron chi connectivity index (χ3n) is 4.42. The van der Waals surface area contributed by atoms with Crippen molar-refractivity contribution >= 4 is 0 Å². The summed E-state index contributed by atoms with van der Waals surface area (Å²) in [5.41, 5.74) is 1.21. The minimum Gasteiger partial charge on any atom is -0.493 e. The van der Waals surface area contributed by atoms with E-state index in [-0.39, 0.29) is 0 Å². The fourth-order valence-corrected chi connectivity index (χ4v) is 3.48. The van der Waals surface area contributed by atoms with Gasteiger partial charge in [0, 0.05) is 6.54 Å². The Morgan fingerprint density at radius 1 is 1.53 bits per heavy atom. The summed E-state index contributed by atoms with van der Waals surface area (Å²) in [4.78, 5) is 0. The standard InChI is InChI=1S/C15H27N3O/c1-5-18-15(13(19-4)10-17-18)14(16-3)12-8-6-7-11(2)9-12/h10-12,14,16H,5-9H2,1-4H3. The van der Waals surface area contributed by atoms with Gasteiger partial charge in [0.1, 0.15) is 0 Å². The zero-order valence-electron chi connectivity index (χ0n) is 12.6. The smallest absolute Gasteiger partial charge is 0.161 e. The number of ether oxygens (including phenoxy) is 1. The topological polar surface area (TPSA) is 39.1 Å². The molecular formula is C15H27N3O. The molecule has 3 atom stereocenters. The molecule has 3 unspecified atom stereocenters. The highest BCUT2D eigenvalue weighted by atomic mass is 16.5. The van der Waals surface area contributed by atoms with Gasteiger partial charge in [-0.15, -0.1) is 0 Å². The van der Waals surface area contributed by atoms with Gasteiger partial charge in [-0.2, -0.15) is 5.10 Å². The van der Waals surface area contributed by atoms with Gasteiger partial charge in [0.05, 0.1) is 25.0 Å². The average Bonchev–Trinajstić information content (AvgIpc) is 2.83. The molecule has 0 aliphatic heterocycles. The minimum atomic E-state index is 0.347. The molecular weight excluding hydrogens is 238 g/mol. The predicted octanol–water partition coefficient (Wildman–Crippen LogP) is 3.00. The Bertz CT molecular complexity index is 381. The Balaban J connectivity index is 2.27. The first kappa shape index (κ1) is 14.4. The van der Waals surface area contributed by atoms with Gasteiger partial charge in [-0.25, -0.2) is 0 Å². The van der Waals surface area contributed by atoms with E-state index in [0.29, 0.717) is 12.0 Å². The van der Waals surface area contributed by atoms with Crippen molar-refractivity contribution in [1.29, 1.82) is 0 Å². The van der Waals surface area contributed by atoms with E-state index in [9.17, 15) is 0 Å². The van der Waals surface area contributed by atoms with Crippen LogP contribution in [0.15, 0.2) is 6.20 Å². The molecule has 0 amide bonds. The monoisotopic (exact) mass is 265 g/mol. The van der Waals surface area contributed by atoms with Gasteiger partial charge in [-0.1, -0.05) is 19.8 Å². The lowest BCUT2D eigenvalue weighted by atomic mass is 9.77. The molecule has 0 aromatic carbocycles. The maximum atomic E-state index is 5.50. The van der Waals surface area contributed by atoms with Gasteiger partial charge < -0.3 is 10.1 Å². The van der Waals surface area contributed by atoms with E-state index >= 15 is 0 Å². The van der Waals surface area contributed by atoms with Crippen LogP contribution >= 0.6 is 0 Å². The van der Waals surface area contributed by atoms with Crippen LogP contribution in [0, 0.1) is 11.8 Å². The molecule has 1 aromatic heterocycles. The molecule has 19 heavy (non-hydrogen) atoms. The van der Waals surface area contributed by atoms with Crippen LogP contribution in [0.5, 0.6) is 5.75 Å². The Hall–Kier alpha value is -1.03. The van der Waals surface area contributed by atoms with E-state index in [2.05, 4.69) is 36.0 Å². The van der Waals surface area contributed by atoms with Gasteiger partial charge in [0.15, 0.2) is 5.75 Å². The molecule has 0 radical (unpaired) electrons. The Morgan fingerprint density at radius 2 is 2.32 bits per heavy atom. The van der Waals surface area contributed by atoms with E-state index in [1.165, 1.54) is 31.4 Å². The third-order valence-corrected chi connectivity index (χ3v) is 4.42. The lowest BCUT2D eigenvalue weighted by Crippen LogP contribution is -2.31. The van der Waals surface area contributed by atoms with Crippen LogP contribution in [0.4, 0.5) is 0 Å². The van der Waals surface area contributed by atoms with E-state index in [1.807, 2.05) is 6.20 Å². The fraction of sp³-hybridized carbons (Fsp3) is 0.800. The number of aromatic nitrogens is 2. The molecule has 1 N–H and O–H groups in total. The largest absolute Gasteiger partial charge is 0.493 e. The van der Waals surface area contributed by atoms with Crippen molar-refractivity contribution in [2.75, 3.05) is 14.2 Å². The quantitative estimate of drug-likeness (QED) is 0.889. The van der Waals surface area contributed by atoms with Crippen LogP contribution in [0.25, 0.3) is 0 Å². The van der Waals surface area contributed by atoms with Crippen molar-refractivity contribution in [3.8, 4) is 5.75 Å². The molecule has 1 fully saturated rings. The van der Waals surface area contributed by atoms with Gasteiger partial charge in [0.25, 0.3) is 0 Å². The van der Waals surface area contributed by atoms with E-state index in [0.717, 1.165) is 18.2 Å². The summed E-state index contributed by atoms with van der Waals surface area (Å²) < 4.78 is 7.57. The number of nitrogens with one attached hydrogen (secondary N) is 1. The molecule has 1 aromatic rings. The normalized spacial score (nSPS) is 25.3. The molecule has 1 aliphatic rings. The summed E-state index contributed by atoms with van der Waals surface area (Å²) >= 11 is 0. The van der Waals surface area contributed by atoms with Crippen molar-refractivity contribution in [3.63, 3.8) is 0 Å². The molecule has 2 rings (SSSR count). The Kier molecular flexibility index (Phi) is 4.86. The molecule has 1 heterocycles. The van der Waals surface area contributed by atoms with Crippen LogP contribution in [-0.4, -0.2) is 23.9 Å². The highest BCUT2D eigenvalue weighted by Crippen LogP contribution is 2.39. The zero-order valence-corrected chi connectivity index (χ0v) is 12.6. The maximum absolute atomic E-state index is 5.50. The number of rotatable bonds is 5. The van der Waals surface area contributed by atoms with Gasteiger partial charge in [0.2, 0.25) is 0 Å². The second-order valence-corrected chi connectivity index (χ2v) is 5.71. The summed E-state index contributed by atoms with van der Waals surface area (Å²) in [5.74, 6) is 2.43. The van der Waals surface area contributed by atoms with Gasteiger partial charge in [-0.3, -0.25) is 4.68 Å². The number of hydrogen-bond donors (Lipinski definition) is 1. The summed E-state index contributed by atoms with van der Waals surface area (Å²) in [7, 11) is 3.78. The average molecular weight is 265 g/mol. The highest BCUT2D eigenvalue weighted by molar-refractivity contribution is 5.29. The molecule has 1 aliphatic carbocycles. The number of aryl methyl sites for hydroxylation is 1. The van der Waals surface area contributed by atoms with Crippen molar-refractivity contribution in [1.82, 2.24) is 15.1 Å². The van der Waals surface area contributed by atoms with Crippen molar-refractivity contribution < 1.29 is 4.74 Å². The first-order chi connectivity index (χ1) is 9.21. The molecule has 1 saturated carbocycles. The van der Waals surface area contributed by atoms with Crippen LogP contribution in [0.3, 0.4) is 0 Å². The fourth-order valence-electron chi connectivity index (χ4n) is 3.48. The minimum absolute atomic E-state index is 0.347. The van der Waals surface area contributed by atoms with Crippen LogP contribution in [-0.2, 0) is 6.54 Å². The van der Waals surface area contributed by atoms with Gasteiger partial charge >= 0.3 is 0 Å². The highest BCUT2D eigenvalue weighted by Gasteiger charge is 2.31. The van der Waals surface area contributed by atoms with Crippen LogP contribution in [0.2, 0.25) is 0 Å². The Morgan fingerprint density at radius 3 is 2.89 bits per heavy atom. The van der Waals surface area contributed by atoms with Crippen molar-refractivity contribution in [2.45, 2.75) is 52.1 Å². The molecule has 108 valence electrons. The molecule has 0 saturated heterocycles. The number of hydrogen-bond acceptors (Lipinski definition) is 3. The summed E-state index contributed by atoms with van der Waals surface area (Å²) in [6.45, 7) is 5.39. The molecule has 0 bridgehead atoms. The number of nitrogens with zero attached hydrogens (tertiary/aromatic N) is 2. The summed E-state index contributed by atoms with van der Waals surface area (Å²) in [5, 5.41) is 7.94. The second-order valence-electron chi connectivity index (χ2n) is 5.71. The first-order valence-electron chi connectivity index (χ1n) is 7.48. The molecule has 4 nitrogen and oxygen atoms in total. The summed E-state index contributed by atoms with van der Waals surface area (Å²) in [6.07, 6.45) is 7.15. The summed E-state index contributed by atoms with van der Waals surface area (Å²) in [6, 6.07) is 0.347. The zero-order chi connectivity index (χ0) is 13.8. The van der Waals surface area contributed by atoms with Crippen molar-refractivity contribution in [3.05, 3.63) is 11.9 Å². The SMILES string of the molecule is CCn1ncc(OC)c1C(NC)C1CCCC(C)C1. The van der Waals surface area contributed by atoms with Crippen LogP contribution in [0.1, 0.15) is 51.3 Å². The predicted molar refractivity (Wildman–Crippen MR) is 77.4 cm³/mol. The Labute approximate surface area is 116 Å². The van der Waals surface area contributed by atoms with Crippen molar-refractivity contribution in [2.24, 2.45) is 11.8 Å². The maximum Gasteiger partial charge on any atom is 0.161 e. The molecule has 0 spiro atoms. The van der Waals surface area contributed by atoms with Gasteiger partial charge in [-0.05, 0) is 38.6 Å². The lowest BCUT2D eigenvalue weighted by molar-refractivity contribution is 0.220. The van der Waals surface area contributed by atoms with E-state index in [1.54, 1.807) is 7.11 Å². The number of methoxy groups -OCH3 is 1. The van der Waals surface area contributed by atoms with E-state index < -0.39 is 0 Å². The first-order valence-corrected chi connectivity index (χ1v) is 7.48.